The van der Waals surface area contributed by atoms with E-state index < -0.39 is 0 Å². The van der Waals surface area contributed by atoms with Crippen molar-refractivity contribution in [1.29, 1.82) is 0 Å². The monoisotopic (exact) mass is 306 g/mol. The second-order valence-electron chi connectivity index (χ2n) is 5.60. The highest BCUT2D eigenvalue weighted by molar-refractivity contribution is 5.46. The Morgan fingerprint density at radius 2 is 1.96 bits per heavy atom. The Labute approximate surface area is 137 Å². The number of rotatable bonds is 4. The van der Waals surface area contributed by atoms with Crippen LogP contribution in [0.2, 0.25) is 0 Å². The third-order valence-corrected chi connectivity index (χ3v) is 3.44. The normalized spacial score (nSPS) is 11.7. The standard InChI is InChI=1S/C19H22N4/c1-6-7-12-23-19(15(2)13-16(3)21-23)20-14-17-8-10-18(11-9-17)22(4)5/h1,7-13H,14H2,2-5H3. The number of nitrogens with zero attached hydrogens (tertiary/aromatic N) is 4. The van der Waals surface area contributed by atoms with Gasteiger partial charge >= 0.3 is 0 Å². The Kier molecular flexibility index (Phi) is 5.37. The molecule has 0 aliphatic heterocycles. The maximum atomic E-state index is 5.29. The molecule has 4 nitrogen and oxygen atoms in total. The van der Waals surface area contributed by atoms with Crippen molar-refractivity contribution in [3.63, 3.8) is 0 Å². The highest BCUT2D eigenvalue weighted by Crippen LogP contribution is 2.12. The van der Waals surface area contributed by atoms with Crippen LogP contribution >= 0.6 is 0 Å². The fourth-order valence-corrected chi connectivity index (χ4v) is 2.29. The second kappa shape index (κ2) is 7.46. The van der Waals surface area contributed by atoms with Crippen molar-refractivity contribution in [2.24, 2.45) is 4.99 Å². The number of allylic oxidation sites excluding steroid dienone is 1. The maximum Gasteiger partial charge on any atom is 0.152 e. The molecule has 1 aromatic carbocycles. The van der Waals surface area contributed by atoms with E-state index in [2.05, 4.69) is 40.2 Å². The molecule has 0 radical (unpaired) electrons. The third kappa shape index (κ3) is 4.33. The predicted molar refractivity (Wildman–Crippen MR) is 95.9 cm³/mol. The summed E-state index contributed by atoms with van der Waals surface area (Å²) in [7, 11) is 4.06. The van der Waals surface area contributed by atoms with Crippen molar-refractivity contribution in [2.45, 2.75) is 20.4 Å². The lowest BCUT2D eigenvalue weighted by molar-refractivity contribution is 0.770. The van der Waals surface area contributed by atoms with Crippen LogP contribution in [-0.4, -0.2) is 23.9 Å². The SMILES string of the molecule is C#CC=Cn1nc(C)cc(C)c1=NCc1ccc(N(C)C)cc1. The molecule has 0 saturated carbocycles. The van der Waals surface area contributed by atoms with E-state index in [1.54, 1.807) is 17.0 Å². The second-order valence-corrected chi connectivity index (χ2v) is 5.60. The van der Waals surface area contributed by atoms with Gasteiger partial charge in [0.25, 0.3) is 0 Å². The molecule has 118 valence electrons. The third-order valence-electron chi connectivity index (χ3n) is 3.44. The molecule has 0 saturated heterocycles. The molecular formula is C19H22N4. The van der Waals surface area contributed by atoms with Crippen molar-refractivity contribution >= 4 is 11.9 Å². The summed E-state index contributed by atoms with van der Waals surface area (Å²) < 4.78 is 1.73. The Morgan fingerprint density at radius 3 is 2.57 bits per heavy atom. The largest absolute Gasteiger partial charge is 0.378 e. The van der Waals surface area contributed by atoms with Crippen LogP contribution in [0.3, 0.4) is 0 Å². The molecular weight excluding hydrogens is 284 g/mol. The maximum absolute atomic E-state index is 5.29. The fraction of sp³-hybridized carbons (Fsp3) is 0.263. The van der Waals surface area contributed by atoms with Crippen LogP contribution in [-0.2, 0) is 6.54 Å². The van der Waals surface area contributed by atoms with Crippen LogP contribution < -0.4 is 10.4 Å². The number of benzene rings is 1. The molecule has 0 fully saturated rings. The van der Waals surface area contributed by atoms with Crippen molar-refractivity contribution in [2.75, 3.05) is 19.0 Å². The minimum atomic E-state index is 0.600. The zero-order valence-electron chi connectivity index (χ0n) is 14.1. The van der Waals surface area contributed by atoms with Gasteiger partial charge in [-0.2, -0.15) is 5.10 Å². The highest BCUT2D eigenvalue weighted by Gasteiger charge is 2.00. The molecule has 0 bridgehead atoms. The van der Waals surface area contributed by atoms with E-state index in [1.807, 2.05) is 34.0 Å². The van der Waals surface area contributed by atoms with Crippen LogP contribution in [0.5, 0.6) is 0 Å². The number of hydrogen-bond donors (Lipinski definition) is 0. The van der Waals surface area contributed by atoms with Gasteiger partial charge in [-0.3, -0.25) is 4.99 Å². The summed E-state index contributed by atoms with van der Waals surface area (Å²) in [5, 5.41) is 4.45. The van der Waals surface area contributed by atoms with Crippen LogP contribution in [0, 0.1) is 26.2 Å². The molecule has 0 unspecified atom stereocenters. The van der Waals surface area contributed by atoms with Crippen LogP contribution in [0.1, 0.15) is 16.8 Å². The molecule has 0 atom stereocenters. The number of aromatic nitrogens is 2. The summed E-state index contributed by atoms with van der Waals surface area (Å²) in [6.07, 6.45) is 8.67. The first-order chi connectivity index (χ1) is 11.0. The quantitative estimate of drug-likeness (QED) is 0.814. The summed E-state index contributed by atoms with van der Waals surface area (Å²) in [4.78, 5) is 6.79. The summed E-state index contributed by atoms with van der Waals surface area (Å²) >= 11 is 0. The molecule has 0 aliphatic rings. The molecule has 4 heteroatoms. The van der Waals surface area contributed by atoms with Crippen molar-refractivity contribution in [3.8, 4) is 12.3 Å². The van der Waals surface area contributed by atoms with Crippen molar-refractivity contribution in [3.05, 3.63) is 58.7 Å². The van der Waals surface area contributed by atoms with Gasteiger partial charge in [0.15, 0.2) is 5.49 Å². The van der Waals surface area contributed by atoms with Gasteiger partial charge in [0.1, 0.15) is 0 Å². The average Bonchev–Trinajstić information content (AvgIpc) is 2.52. The average molecular weight is 306 g/mol. The Morgan fingerprint density at radius 1 is 1.26 bits per heavy atom. The van der Waals surface area contributed by atoms with Gasteiger partial charge in [-0.15, -0.1) is 6.42 Å². The van der Waals surface area contributed by atoms with E-state index in [-0.39, 0.29) is 0 Å². The lowest BCUT2D eigenvalue weighted by atomic mass is 10.2. The van der Waals surface area contributed by atoms with E-state index >= 15 is 0 Å². The van der Waals surface area contributed by atoms with Gasteiger partial charge in [-0.05, 0) is 43.2 Å². The summed E-state index contributed by atoms with van der Waals surface area (Å²) in [5.74, 6) is 2.49. The Balaban J connectivity index is 2.35. The van der Waals surface area contributed by atoms with Crippen molar-refractivity contribution in [1.82, 2.24) is 9.78 Å². The molecule has 1 heterocycles. The molecule has 0 N–H and O–H groups in total. The topological polar surface area (TPSA) is 33.4 Å². The first-order valence-electron chi connectivity index (χ1n) is 7.48. The Hall–Kier alpha value is -2.80. The van der Waals surface area contributed by atoms with Gasteiger partial charge in [-0.25, -0.2) is 4.68 Å². The number of anilines is 1. The lowest BCUT2D eigenvalue weighted by Gasteiger charge is -2.12. The summed E-state index contributed by atoms with van der Waals surface area (Å²) in [6, 6.07) is 10.4. The van der Waals surface area contributed by atoms with Gasteiger partial charge in [0.05, 0.1) is 12.2 Å². The van der Waals surface area contributed by atoms with E-state index in [1.165, 1.54) is 5.69 Å². The minimum absolute atomic E-state index is 0.600. The minimum Gasteiger partial charge on any atom is -0.378 e. The van der Waals surface area contributed by atoms with Gasteiger partial charge in [0.2, 0.25) is 0 Å². The Bertz CT molecular complexity index is 803. The first-order valence-corrected chi connectivity index (χ1v) is 7.48. The number of hydrogen-bond acceptors (Lipinski definition) is 3. The smallest absolute Gasteiger partial charge is 0.152 e. The number of terminal acetylenes is 1. The zero-order chi connectivity index (χ0) is 16.8. The molecule has 23 heavy (non-hydrogen) atoms. The molecule has 2 aromatic rings. The molecule has 0 spiro atoms. The van der Waals surface area contributed by atoms with Crippen LogP contribution in [0.25, 0.3) is 6.20 Å². The highest BCUT2D eigenvalue weighted by atomic mass is 15.3. The summed E-state index contributed by atoms with van der Waals surface area (Å²) in [5.41, 5.74) is 5.15. The number of aryl methyl sites for hydroxylation is 2. The summed E-state index contributed by atoms with van der Waals surface area (Å²) in [6.45, 7) is 4.59. The van der Waals surface area contributed by atoms with E-state index in [0.717, 1.165) is 22.3 Å². The van der Waals surface area contributed by atoms with E-state index in [4.69, 9.17) is 11.4 Å². The van der Waals surface area contributed by atoms with Gasteiger partial charge in [0, 0.05) is 32.1 Å². The van der Waals surface area contributed by atoms with Crippen LogP contribution in [0.15, 0.2) is 41.4 Å². The van der Waals surface area contributed by atoms with Gasteiger partial charge in [-0.1, -0.05) is 18.1 Å². The molecule has 0 aliphatic carbocycles. The predicted octanol–water partition coefficient (Wildman–Crippen LogP) is 2.77. The van der Waals surface area contributed by atoms with Crippen LogP contribution in [0.4, 0.5) is 5.69 Å². The van der Waals surface area contributed by atoms with E-state index in [0.29, 0.717) is 6.54 Å². The molecule has 0 amide bonds. The zero-order valence-corrected chi connectivity index (χ0v) is 14.1. The fourth-order valence-electron chi connectivity index (χ4n) is 2.29. The van der Waals surface area contributed by atoms with Gasteiger partial charge < -0.3 is 4.90 Å². The first kappa shape index (κ1) is 16.6. The van der Waals surface area contributed by atoms with Crippen molar-refractivity contribution < 1.29 is 0 Å². The van der Waals surface area contributed by atoms with E-state index in [9.17, 15) is 0 Å². The lowest BCUT2D eigenvalue weighted by Crippen LogP contribution is -2.23. The molecule has 2 rings (SSSR count). The molecule has 1 aromatic heterocycles.